The van der Waals surface area contributed by atoms with Gasteiger partial charge in [-0.25, -0.2) is 9.97 Å². The van der Waals surface area contributed by atoms with Gasteiger partial charge in [-0.05, 0) is 70.8 Å². The molecule has 5 rings (SSSR count). The lowest BCUT2D eigenvalue weighted by molar-refractivity contribution is -0.212. The predicted octanol–water partition coefficient (Wildman–Crippen LogP) is 5.56. The molecule has 2 aromatic heterocycles. The third-order valence-electron chi connectivity index (χ3n) is 8.04. The van der Waals surface area contributed by atoms with Crippen molar-refractivity contribution in [2.75, 3.05) is 13.1 Å². The molecule has 3 aliphatic rings. The van der Waals surface area contributed by atoms with E-state index in [9.17, 15) is 18.0 Å². The first kappa shape index (κ1) is 25.1. The fraction of sp³-hybridized carbons (Fsp3) is 0.720. The number of fused-ring (bicyclic) bond motifs is 1. The Kier molecular flexibility index (Phi) is 7.25. The molecule has 2 fully saturated rings. The molecule has 0 bridgehead atoms. The first-order valence-electron chi connectivity index (χ1n) is 12.7. The molecule has 1 aliphatic heterocycles. The van der Waals surface area contributed by atoms with Crippen LogP contribution < -0.4 is 5.32 Å². The molecule has 192 valence electrons. The molecule has 2 aromatic rings. The van der Waals surface area contributed by atoms with Crippen molar-refractivity contribution in [2.45, 2.75) is 95.3 Å². The third-order valence-corrected chi connectivity index (χ3v) is 10.3. The topological polar surface area (TPSA) is 58.1 Å². The number of aromatic nitrogens is 2. The van der Waals surface area contributed by atoms with E-state index in [0.29, 0.717) is 30.3 Å². The van der Waals surface area contributed by atoms with Gasteiger partial charge in [-0.3, -0.25) is 9.69 Å². The average molecular weight is 527 g/mol. The van der Waals surface area contributed by atoms with E-state index in [1.54, 1.807) is 17.5 Å². The molecule has 0 unspecified atom stereocenters. The molecule has 0 radical (unpaired) electrons. The summed E-state index contributed by atoms with van der Waals surface area (Å²) in [6.45, 7) is 4.48. The van der Waals surface area contributed by atoms with Gasteiger partial charge in [-0.2, -0.15) is 13.2 Å². The second kappa shape index (κ2) is 10.1. The first-order chi connectivity index (χ1) is 16.7. The number of rotatable bonds is 7. The van der Waals surface area contributed by atoms with Crippen molar-refractivity contribution in [1.29, 1.82) is 0 Å². The number of hydrogen-bond acceptors (Lipinski definition) is 6. The summed E-state index contributed by atoms with van der Waals surface area (Å²) in [5, 5.41) is 4.47. The molecule has 5 nitrogen and oxygen atoms in total. The van der Waals surface area contributed by atoms with Crippen molar-refractivity contribution >= 4 is 28.6 Å². The minimum atomic E-state index is -4.20. The third kappa shape index (κ3) is 5.44. The molecule has 1 N–H and O–H groups in total. The molecule has 10 heteroatoms. The van der Waals surface area contributed by atoms with Crippen LogP contribution in [0.25, 0.3) is 0 Å². The number of carbonyl (C=O) groups is 1. The van der Waals surface area contributed by atoms with Crippen molar-refractivity contribution in [3.05, 3.63) is 31.7 Å². The van der Waals surface area contributed by atoms with E-state index in [-0.39, 0.29) is 24.8 Å². The quantitative estimate of drug-likeness (QED) is 0.513. The molecule has 0 aromatic carbocycles. The maximum absolute atomic E-state index is 13.7. The number of nitrogens with one attached hydrogen (secondary N) is 1. The molecule has 3 heterocycles. The largest absolute Gasteiger partial charge is 0.400 e. The van der Waals surface area contributed by atoms with Crippen molar-refractivity contribution in [3.8, 4) is 0 Å². The Morgan fingerprint density at radius 1 is 1.23 bits per heavy atom. The van der Waals surface area contributed by atoms with Crippen LogP contribution in [0.1, 0.15) is 76.8 Å². The zero-order valence-corrected chi connectivity index (χ0v) is 21.8. The van der Waals surface area contributed by atoms with E-state index in [4.69, 9.17) is 0 Å². The van der Waals surface area contributed by atoms with Gasteiger partial charge in [0.05, 0.1) is 17.1 Å². The summed E-state index contributed by atoms with van der Waals surface area (Å²) in [6, 6.07) is 0.256. The first-order valence-corrected chi connectivity index (χ1v) is 14.3. The van der Waals surface area contributed by atoms with Crippen molar-refractivity contribution < 1.29 is 18.0 Å². The highest BCUT2D eigenvalue weighted by molar-refractivity contribution is 7.12. The van der Waals surface area contributed by atoms with E-state index in [1.807, 2.05) is 6.92 Å². The Bertz CT molecular complexity index is 1040. The number of alkyl halides is 3. The highest BCUT2D eigenvalue weighted by Gasteiger charge is 2.61. The molecular formula is C25H33F3N4OS2. The van der Waals surface area contributed by atoms with Gasteiger partial charge in [0, 0.05) is 35.1 Å². The maximum atomic E-state index is 13.7. The van der Waals surface area contributed by atoms with Gasteiger partial charge in [0.25, 0.3) is 0 Å². The van der Waals surface area contributed by atoms with E-state index < -0.39 is 11.6 Å². The van der Waals surface area contributed by atoms with Crippen molar-refractivity contribution in [3.63, 3.8) is 0 Å². The molecule has 2 saturated carbocycles. The highest BCUT2D eigenvalue weighted by atomic mass is 32.1. The molecule has 0 spiro atoms. The second-order valence-corrected chi connectivity index (χ2v) is 12.8. The Hall–Kier alpha value is -1.52. The zero-order chi connectivity index (χ0) is 24.6. The summed E-state index contributed by atoms with van der Waals surface area (Å²) >= 11 is 2.88. The van der Waals surface area contributed by atoms with E-state index in [2.05, 4.69) is 20.2 Å². The number of aryl methyl sites for hydroxylation is 1. The Labute approximate surface area is 212 Å². The fourth-order valence-electron chi connectivity index (χ4n) is 5.68. The van der Waals surface area contributed by atoms with Crippen LogP contribution in [0.4, 0.5) is 13.2 Å². The van der Waals surface area contributed by atoms with Crippen LogP contribution in [0, 0.1) is 12.8 Å². The number of halogens is 3. The zero-order valence-electron chi connectivity index (χ0n) is 20.1. The number of amides is 1. The van der Waals surface area contributed by atoms with Crippen LogP contribution in [0.5, 0.6) is 0 Å². The summed E-state index contributed by atoms with van der Waals surface area (Å²) in [5.74, 6) is 0.723. The minimum Gasteiger partial charge on any atom is -0.353 e. The smallest absolute Gasteiger partial charge is 0.353 e. The SMILES string of the molecule is Cc1ncc(CC(=O)N[C@H]2CC[C@H](CCN3CCc4sc(C5(C(F)(F)F)CCC5)nc4C3)CC2)s1. The van der Waals surface area contributed by atoms with Gasteiger partial charge in [0.1, 0.15) is 10.4 Å². The molecule has 0 saturated heterocycles. The van der Waals surface area contributed by atoms with Crippen LogP contribution >= 0.6 is 22.7 Å². The van der Waals surface area contributed by atoms with Gasteiger partial charge in [0.15, 0.2) is 0 Å². The second-order valence-electron chi connectivity index (χ2n) is 10.4. The van der Waals surface area contributed by atoms with E-state index in [1.165, 1.54) is 11.3 Å². The average Bonchev–Trinajstić information content (AvgIpc) is 3.36. The number of hydrogen-bond donors (Lipinski definition) is 1. The maximum Gasteiger partial charge on any atom is 0.400 e. The Morgan fingerprint density at radius 3 is 2.63 bits per heavy atom. The number of carbonyl (C=O) groups excluding carboxylic acids is 1. The summed E-state index contributed by atoms with van der Waals surface area (Å²) in [4.78, 5) is 25.5. The summed E-state index contributed by atoms with van der Waals surface area (Å²) in [7, 11) is 0. The predicted molar refractivity (Wildman–Crippen MR) is 132 cm³/mol. The number of thiazole rings is 2. The lowest BCUT2D eigenvalue weighted by atomic mass is 9.68. The van der Waals surface area contributed by atoms with Gasteiger partial charge in [-0.1, -0.05) is 6.42 Å². The van der Waals surface area contributed by atoms with Gasteiger partial charge < -0.3 is 5.32 Å². The minimum absolute atomic E-state index is 0.0815. The Balaban J connectivity index is 1.06. The van der Waals surface area contributed by atoms with Crippen LogP contribution in [0.2, 0.25) is 0 Å². The monoisotopic (exact) mass is 526 g/mol. The van der Waals surface area contributed by atoms with Crippen molar-refractivity contribution in [1.82, 2.24) is 20.2 Å². The summed E-state index contributed by atoms with van der Waals surface area (Å²) in [5.41, 5.74) is -0.817. The Morgan fingerprint density at radius 2 is 2.00 bits per heavy atom. The van der Waals surface area contributed by atoms with Crippen molar-refractivity contribution in [2.24, 2.45) is 5.92 Å². The van der Waals surface area contributed by atoms with Gasteiger partial charge in [-0.15, -0.1) is 22.7 Å². The molecule has 35 heavy (non-hydrogen) atoms. The van der Waals surface area contributed by atoms with E-state index >= 15 is 0 Å². The molecule has 0 atom stereocenters. The number of nitrogens with zero attached hydrogens (tertiary/aromatic N) is 3. The normalized spacial score (nSPS) is 24.6. The van der Waals surface area contributed by atoms with Gasteiger partial charge in [0.2, 0.25) is 5.91 Å². The summed E-state index contributed by atoms with van der Waals surface area (Å²) in [6.07, 6.45) is 5.13. The standard InChI is InChI=1S/C25H33F3N4OS2/c1-16-29-14-19(34-16)13-22(33)30-18-5-3-17(4-6-18)7-11-32-12-8-21-20(15-32)31-23(35-21)24(9-2-10-24)25(26,27)28/h14,17-18H,2-13,15H2,1H3,(H,30,33)/t17-,18-. The molecule has 2 aliphatic carbocycles. The lowest BCUT2D eigenvalue weighted by Crippen LogP contribution is -2.47. The fourth-order valence-corrected chi connectivity index (χ4v) is 7.80. The van der Waals surface area contributed by atoms with Crippen LogP contribution in [-0.4, -0.2) is 46.1 Å². The lowest BCUT2D eigenvalue weighted by Gasteiger charge is -2.41. The van der Waals surface area contributed by atoms with Crippen LogP contribution in [0.15, 0.2) is 6.20 Å². The summed E-state index contributed by atoms with van der Waals surface area (Å²) < 4.78 is 41.2. The van der Waals surface area contributed by atoms with Crippen LogP contribution in [-0.2, 0) is 29.6 Å². The van der Waals surface area contributed by atoms with E-state index in [0.717, 1.165) is 72.1 Å². The van der Waals surface area contributed by atoms with Gasteiger partial charge >= 0.3 is 6.18 Å². The molecule has 1 amide bonds. The highest BCUT2D eigenvalue weighted by Crippen LogP contribution is 2.55. The van der Waals surface area contributed by atoms with Crippen LogP contribution in [0.3, 0.4) is 0 Å². The molecular weight excluding hydrogens is 493 g/mol.